The van der Waals surface area contributed by atoms with E-state index in [1.807, 2.05) is 36.4 Å². The highest BCUT2D eigenvalue weighted by Crippen LogP contribution is 2.54. The Bertz CT molecular complexity index is 1780. The number of para-hydroxylation sites is 1. The number of likely N-dealkylation sites (tertiary alicyclic amines) is 1. The number of carbonyl (C=O) groups excluding carboxylic acids is 1. The number of carbonyl (C=O) groups is 1. The van der Waals surface area contributed by atoms with Crippen LogP contribution < -0.4 is 10.6 Å². The molecule has 198 valence electrons. The Balaban J connectivity index is 1.22. The van der Waals surface area contributed by atoms with Crippen LogP contribution in [0.1, 0.15) is 46.8 Å². The number of nitrogens with one attached hydrogen (secondary N) is 2. The first-order chi connectivity index (χ1) is 19.5. The molecule has 2 N–H and O–H groups in total. The third-order valence-electron chi connectivity index (χ3n) is 8.00. The van der Waals surface area contributed by atoms with Crippen LogP contribution in [0.3, 0.4) is 0 Å². The Hall–Kier alpha value is -5.24. The molecule has 1 fully saturated rings. The number of anilines is 2. The fourth-order valence-electron chi connectivity index (χ4n) is 6.02. The molecule has 1 amide bonds. The lowest BCUT2D eigenvalue weighted by Gasteiger charge is -2.45. The van der Waals surface area contributed by atoms with E-state index in [0.717, 1.165) is 28.0 Å². The summed E-state index contributed by atoms with van der Waals surface area (Å²) in [5, 5.41) is 15.0. The van der Waals surface area contributed by atoms with Gasteiger partial charge in [-0.05, 0) is 47.7 Å². The standard InChI is InChI=1S/C29H25N8O3/c1-28-16-37(29(30-2,27-36-34-17-40-27)14-21(28)20-5-3-4-6-22(20)35-28)26(38)25-18(9-12-39-25)15-33-19-7-8-23-24(13-19)32-11-10-31-23/h2-13,17,21,33,35H,14-16H2,1H3/q+1/t21?,28?,29-/m1/s1. The number of rotatable bonds is 5. The Kier molecular flexibility index (Phi) is 5.31. The molecule has 2 aliphatic heterocycles. The predicted molar refractivity (Wildman–Crippen MR) is 147 cm³/mol. The summed E-state index contributed by atoms with van der Waals surface area (Å²) < 4.78 is 11.4. The maximum atomic E-state index is 14.3. The van der Waals surface area contributed by atoms with Crippen LogP contribution in [0.25, 0.3) is 15.9 Å². The van der Waals surface area contributed by atoms with E-state index < -0.39 is 11.2 Å². The van der Waals surface area contributed by atoms with E-state index in [1.54, 1.807) is 23.4 Å². The van der Waals surface area contributed by atoms with Crippen molar-refractivity contribution >= 4 is 28.3 Å². The summed E-state index contributed by atoms with van der Waals surface area (Å²) in [5.74, 6) is -0.0619. The maximum Gasteiger partial charge on any atom is 0.436 e. The van der Waals surface area contributed by atoms with Crippen LogP contribution in [0.5, 0.6) is 0 Å². The van der Waals surface area contributed by atoms with Crippen molar-refractivity contribution in [1.29, 1.82) is 0 Å². The number of nitrogens with zero attached hydrogens (tertiary/aromatic N) is 6. The van der Waals surface area contributed by atoms with Crippen LogP contribution in [-0.4, -0.2) is 43.1 Å². The topological polar surface area (TPSA) is 127 Å². The molecule has 0 bridgehead atoms. The van der Waals surface area contributed by atoms with E-state index in [0.29, 0.717) is 18.5 Å². The van der Waals surface area contributed by atoms with Gasteiger partial charge in [0.25, 0.3) is 12.5 Å². The molecule has 3 atom stereocenters. The molecule has 40 heavy (non-hydrogen) atoms. The second-order valence-electron chi connectivity index (χ2n) is 10.4. The fourth-order valence-corrected chi connectivity index (χ4v) is 6.02. The number of furan rings is 1. The van der Waals surface area contributed by atoms with Crippen molar-refractivity contribution in [3.8, 4) is 6.57 Å². The minimum Gasteiger partial charge on any atom is -0.459 e. The normalized spacial score (nSPS) is 23.2. The molecule has 0 saturated carbocycles. The highest BCUT2D eigenvalue weighted by atomic mass is 16.4. The number of hydrogen-bond donors (Lipinski definition) is 2. The van der Waals surface area contributed by atoms with E-state index in [2.05, 4.69) is 48.6 Å². The molecular weight excluding hydrogens is 508 g/mol. The first-order valence-corrected chi connectivity index (χ1v) is 12.9. The molecule has 11 heteroatoms. The summed E-state index contributed by atoms with van der Waals surface area (Å²) in [6.07, 6.45) is 6.38. The molecule has 2 aliphatic rings. The van der Waals surface area contributed by atoms with Crippen molar-refractivity contribution in [3.05, 3.63) is 101 Å². The lowest BCUT2D eigenvalue weighted by atomic mass is 9.73. The van der Waals surface area contributed by atoms with E-state index in [1.165, 1.54) is 12.7 Å². The SMILES string of the molecule is C#[N+][C@]1(c2nnco2)CC2c3ccccc3NC2(C)CN1C(=O)c1occc1CNc1ccc2nccnc2c1. The molecule has 2 aromatic carbocycles. The van der Waals surface area contributed by atoms with E-state index >= 15 is 0 Å². The van der Waals surface area contributed by atoms with E-state index in [4.69, 9.17) is 15.4 Å². The molecule has 1 saturated heterocycles. The summed E-state index contributed by atoms with van der Waals surface area (Å²) in [6, 6.07) is 15.6. The molecule has 3 aromatic heterocycles. The first-order valence-electron chi connectivity index (χ1n) is 12.9. The monoisotopic (exact) mass is 533 g/mol. The first kappa shape index (κ1) is 23.8. The van der Waals surface area contributed by atoms with Gasteiger partial charge in [0, 0.05) is 41.8 Å². The van der Waals surface area contributed by atoms with Crippen molar-refractivity contribution in [2.75, 3.05) is 17.2 Å². The highest BCUT2D eigenvalue weighted by molar-refractivity contribution is 5.94. The van der Waals surface area contributed by atoms with Crippen molar-refractivity contribution in [2.45, 2.75) is 37.0 Å². The zero-order chi connectivity index (χ0) is 27.3. The van der Waals surface area contributed by atoms with Crippen LogP contribution in [0.4, 0.5) is 11.4 Å². The van der Waals surface area contributed by atoms with E-state index in [9.17, 15) is 4.79 Å². The number of piperidine rings is 1. The number of benzene rings is 2. The molecule has 5 heterocycles. The molecule has 7 rings (SSSR count). The van der Waals surface area contributed by atoms with Crippen LogP contribution in [0.15, 0.2) is 82.4 Å². The lowest BCUT2D eigenvalue weighted by molar-refractivity contribution is 0.0145. The largest absolute Gasteiger partial charge is 0.459 e. The van der Waals surface area contributed by atoms with Crippen LogP contribution in [0, 0.1) is 6.57 Å². The molecule has 11 nitrogen and oxygen atoms in total. The van der Waals surface area contributed by atoms with Gasteiger partial charge in [-0.25, -0.2) is 4.90 Å². The van der Waals surface area contributed by atoms with Crippen molar-refractivity contribution < 1.29 is 13.6 Å². The van der Waals surface area contributed by atoms with Gasteiger partial charge in [0.2, 0.25) is 6.39 Å². The third-order valence-corrected chi connectivity index (χ3v) is 8.00. The second kappa shape index (κ2) is 8.91. The summed E-state index contributed by atoms with van der Waals surface area (Å²) >= 11 is 0. The average molecular weight is 534 g/mol. The molecule has 0 spiro atoms. The van der Waals surface area contributed by atoms with Gasteiger partial charge < -0.3 is 19.5 Å². The van der Waals surface area contributed by atoms with Gasteiger partial charge in [0.05, 0.1) is 35.8 Å². The van der Waals surface area contributed by atoms with E-state index in [-0.39, 0.29) is 30.0 Å². The minimum absolute atomic E-state index is 0.0132. The fraction of sp³-hybridized carbons (Fsp3) is 0.241. The van der Waals surface area contributed by atoms with Gasteiger partial charge in [-0.1, -0.05) is 18.2 Å². The number of aromatic nitrogens is 4. The number of amides is 1. The Morgan fingerprint density at radius 1 is 1.18 bits per heavy atom. The van der Waals surface area contributed by atoms with Crippen LogP contribution >= 0.6 is 0 Å². The molecule has 0 aliphatic carbocycles. The van der Waals surface area contributed by atoms with Crippen molar-refractivity contribution in [2.24, 2.45) is 0 Å². The second-order valence-corrected chi connectivity index (χ2v) is 10.4. The van der Waals surface area contributed by atoms with Gasteiger partial charge in [0.15, 0.2) is 5.76 Å². The zero-order valence-electron chi connectivity index (χ0n) is 21.6. The number of fused-ring (bicyclic) bond motifs is 4. The van der Waals surface area contributed by atoms with Gasteiger partial charge in [-0.2, -0.15) is 0 Å². The van der Waals surface area contributed by atoms with Gasteiger partial charge in [0.1, 0.15) is 0 Å². The minimum atomic E-state index is -1.38. The molecular formula is C29H25N8O3+. The quantitative estimate of drug-likeness (QED) is 0.326. The maximum absolute atomic E-state index is 14.3. The van der Waals surface area contributed by atoms with Gasteiger partial charge >= 0.3 is 11.6 Å². The van der Waals surface area contributed by atoms with Gasteiger partial charge in [-0.15, -0.1) is 10.2 Å². The van der Waals surface area contributed by atoms with Crippen molar-refractivity contribution in [1.82, 2.24) is 25.1 Å². The molecule has 0 radical (unpaired) electrons. The summed E-state index contributed by atoms with van der Waals surface area (Å²) in [6.45, 7) is 8.81. The summed E-state index contributed by atoms with van der Waals surface area (Å²) in [7, 11) is 0. The lowest BCUT2D eigenvalue weighted by Crippen LogP contribution is -2.62. The molecule has 5 aromatic rings. The third kappa shape index (κ3) is 3.60. The predicted octanol–water partition coefficient (Wildman–Crippen LogP) is 4.85. The Labute approximate surface area is 229 Å². The summed E-state index contributed by atoms with van der Waals surface area (Å²) in [4.78, 5) is 28.8. The Morgan fingerprint density at radius 3 is 2.85 bits per heavy atom. The number of hydrogen-bond acceptors (Lipinski definition) is 9. The van der Waals surface area contributed by atoms with Crippen LogP contribution in [-0.2, 0) is 12.2 Å². The Morgan fingerprint density at radius 2 is 2.02 bits per heavy atom. The smallest absolute Gasteiger partial charge is 0.436 e. The van der Waals surface area contributed by atoms with Crippen LogP contribution in [0.2, 0.25) is 0 Å². The average Bonchev–Trinajstić information content (AvgIpc) is 3.74. The summed E-state index contributed by atoms with van der Waals surface area (Å²) in [5.41, 5.74) is 3.37. The highest BCUT2D eigenvalue weighted by Gasteiger charge is 2.66. The van der Waals surface area contributed by atoms with Crippen molar-refractivity contribution in [3.63, 3.8) is 0 Å². The molecule has 2 unspecified atom stereocenters. The zero-order valence-corrected chi connectivity index (χ0v) is 21.6. The van der Waals surface area contributed by atoms with Gasteiger partial charge in [-0.3, -0.25) is 14.8 Å².